The van der Waals surface area contributed by atoms with Crippen molar-refractivity contribution in [2.75, 3.05) is 6.54 Å². The zero-order valence-corrected chi connectivity index (χ0v) is 13.4. The average Bonchev–Trinajstić information content (AvgIpc) is 3.10. The minimum absolute atomic E-state index is 0.235. The molecule has 0 aliphatic carbocycles. The molecule has 0 fully saturated rings. The number of aromatic nitrogens is 1. The Balaban J connectivity index is 1.79. The number of fused-ring (bicyclic) bond motifs is 1. The van der Waals surface area contributed by atoms with E-state index >= 15 is 0 Å². The largest absolute Gasteiger partial charge is 0.348 e. The van der Waals surface area contributed by atoms with Crippen molar-refractivity contribution in [3.8, 4) is 0 Å². The number of benzene rings is 2. The first kappa shape index (κ1) is 15.6. The van der Waals surface area contributed by atoms with Gasteiger partial charge in [-0.05, 0) is 42.5 Å². The van der Waals surface area contributed by atoms with Crippen LogP contribution in [0.5, 0.6) is 0 Å². The number of hydrogen-bond acceptors (Lipinski definition) is 1. The van der Waals surface area contributed by atoms with Gasteiger partial charge in [-0.1, -0.05) is 18.2 Å². The maximum absolute atomic E-state index is 14.5. The molecule has 0 radical (unpaired) electrons. The van der Waals surface area contributed by atoms with E-state index in [1.807, 2.05) is 22.9 Å². The molecule has 126 valence electrons. The van der Waals surface area contributed by atoms with Gasteiger partial charge in [0, 0.05) is 36.1 Å². The summed E-state index contributed by atoms with van der Waals surface area (Å²) in [5, 5.41) is 0. The van der Waals surface area contributed by atoms with E-state index in [4.69, 9.17) is 0 Å². The molecule has 5 heteroatoms. The lowest BCUT2D eigenvalue weighted by Gasteiger charge is -2.37. The van der Waals surface area contributed by atoms with Crippen LogP contribution in [-0.2, 0) is 6.54 Å². The summed E-state index contributed by atoms with van der Waals surface area (Å²) in [4.78, 5) is 14.7. The van der Waals surface area contributed by atoms with Crippen molar-refractivity contribution in [2.24, 2.45) is 0 Å². The Hall–Kier alpha value is -2.95. The molecule has 4 rings (SSSR count). The van der Waals surface area contributed by atoms with Crippen LogP contribution in [0.3, 0.4) is 0 Å². The molecule has 1 aliphatic rings. The van der Waals surface area contributed by atoms with Crippen LogP contribution in [0.4, 0.5) is 8.78 Å². The normalized spacial score (nSPS) is 16.6. The van der Waals surface area contributed by atoms with E-state index < -0.39 is 11.9 Å². The highest BCUT2D eigenvalue weighted by atomic mass is 19.1. The Bertz CT molecular complexity index is 917. The van der Waals surface area contributed by atoms with Crippen LogP contribution in [0.1, 0.15) is 27.7 Å². The molecule has 0 saturated carbocycles. The lowest BCUT2D eigenvalue weighted by atomic mass is 9.98. The third-order valence-corrected chi connectivity index (χ3v) is 4.59. The van der Waals surface area contributed by atoms with Gasteiger partial charge in [-0.3, -0.25) is 4.79 Å². The summed E-state index contributed by atoms with van der Waals surface area (Å²) in [6.45, 7) is 1.09. The molecule has 1 aliphatic heterocycles. The lowest BCUT2D eigenvalue weighted by molar-refractivity contribution is 0.0661. The summed E-state index contributed by atoms with van der Waals surface area (Å²) >= 11 is 0. The predicted molar refractivity (Wildman–Crippen MR) is 90.1 cm³/mol. The Morgan fingerprint density at radius 1 is 0.920 bits per heavy atom. The first-order valence-corrected chi connectivity index (χ1v) is 8.11. The Morgan fingerprint density at radius 3 is 2.44 bits per heavy atom. The maximum atomic E-state index is 14.5. The highest BCUT2D eigenvalue weighted by Crippen LogP contribution is 2.34. The van der Waals surface area contributed by atoms with Gasteiger partial charge >= 0.3 is 0 Å². The van der Waals surface area contributed by atoms with E-state index in [0.29, 0.717) is 24.2 Å². The molecule has 1 amide bonds. The summed E-state index contributed by atoms with van der Waals surface area (Å²) in [5.41, 5.74) is 1.71. The highest BCUT2D eigenvalue weighted by Gasteiger charge is 2.34. The highest BCUT2D eigenvalue weighted by molar-refractivity contribution is 5.94. The third-order valence-electron chi connectivity index (χ3n) is 4.59. The summed E-state index contributed by atoms with van der Waals surface area (Å²) in [5.74, 6) is -0.977. The third kappa shape index (κ3) is 2.71. The molecule has 0 spiro atoms. The minimum atomic E-state index is -0.512. The quantitative estimate of drug-likeness (QED) is 0.693. The van der Waals surface area contributed by atoms with Crippen LogP contribution in [0.25, 0.3) is 0 Å². The molecule has 1 atom stereocenters. The molecule has 2 heterocycles. The van der Waals surface area contributed by atoms with Gasteiger partial charge in [0.1, 0.15) is 17.7 Å². The van der Waals surface area contributed by atoms with Crippen molar-refractivity contribution >= 4 is 5.91 Å². The summed E-state index contributed by atoms with van der Waals surface area (Å²) in [6.07, 6.45) is 1.93. The molecular formula is C20H16F2N2O. The topological polar surface area (TPSA) is 25.2 Å². The summed E-state index contributed by atoms with van der Waals surface area (Å²) in [6, 6.07) is 15.2. The van der Waals surface area contributed by atoms with Crippen molar-refractivity contribution in [1.82, 2.24) is 9.47 Å². The van der Waals surface area contributed by atoms with Crippen molar-refractivity contribution in [3.63, 3.8) is 0 Å². The fourth-order valence-corrected chi connectivity index (χ4v) is 3.38. The second-order valence-corrected chi connectivity index (χ2v) is 6.06. The van der Waals surface area contributed by atoms with Gasteiger partial charge < -0.3 is 9.47 Å². The predicted octanol–water partition coefficient (Wildman–Crippen LogP) is 4.01. The van der Waals surface area contributed by atoms with Gasteiger partial charge in [-0.2, -0.15) is 0 Å². The zero-order chi connectivity index (χ0) is 17.4. The number of amides is 1. The fourth-order valence-electron chi connectivity index (χ4n) is 3.38. The molecule has 3 aromatic rings. The average molecular weight is 338 g/mol. The molecule has 3 nitrogen and oxygen atoms in total. The number of hydrogen-bond donors (Lipinski definition) is 0. The zero-order valence-electron chi connectivity index (χ0n) is 13.4. The smallest absolute Gasteiger partial charge is 0.254 e. The van der Waals surface area contributed by atoms with Gasteiger partial charge in [0.2, 0.25) is 0 Å². The second-order valence-electron chi connectivity index (χ2n) is 6.06. The van der Waals surface area contributed by atoms with Crippen LogP contribution in [0, 0.1) is 11.6 Å². The molecule has 0 saturated heterocycles. The van der Waals surface area contributed by atoms with E-state index in [0.717, 1.165) is 5.69 Å². The first-order chi connectivity index (χ1) is 12.1. The van der Waals surface area contributed by atoms with Gasteiger partial charge in [0.15, 0.2) is 0 Å². The van der Waals surface area contributed by atoms with Gasteiger partial charge in [-0.25, -0.2) is 8.78 Å². The Morgan fingerprint density at radius 2 is 1.68 bits per heavy atom. The minimum Gasteiger partial charge on any atom is -0.348 e. The molecule has 2 aromatic carbocycles. The molecule has 1 aromatic heterocycles. The SMILES string of the molecule is O=C(c1ccc(F)cc1)N1CCn2cccc2C1c1ccccc1F. The van der Waals surface area contributed by atoms with Gasteiger partial charge in [0.05, 0.1) is 0 Å². The number of carbonyl (C=O) groups is 1. The molecule has 0 bridgehead atoms. The fraction of sp³-hybridized carbons (Fsp3) is 0.150. The van der Waals surface area contributed by atoms with Crippen molar-refractivity contribution in [3.05, 3.63) is 95.3 Å². The summed E-state index contributed by atoms with van der Waals surface area (Å²) < 4.78 is 29.7. The van der Waals surface area contributed by atoms with Crippen LogP contribution < -0.4 is 0 Å². The van der Waals surface area contributed by atoms with E-state index in [2.05, 4.69) is 0 Å². The van der Waals surface area contributed by atoms with Crippen LogP contribution in [0.2, 0.25) is 0 Å². The van der Waals surface area contributed by atoms with E-state index in [1.165, 1.54) is 30.3 Å². The first-order valence-electron chi connectivity index (χ1n) is 8.11. The van der Waals surface area contributed by atoms with Crippen molar-refractivity contribution in [1.29, 1.82) is 0 Å². The maximum Gasteiger partial charge on any atom is 0.254 e. The van der Waals surface area contributed by atoms with Crippen LogP contribution in [-0.4, -0.2) is 21.9 Å². The monoisotopic (exact) mass is 338 g/mol. The van der Waals surface area contributed by atoms with Crippen LogP contribution in [0.15, 0.2) is 66.9 Å². The number of halogens is 2. The van der Waals surface area contributed by atoms with Crippen LogP contribution >= 0.6 is 0 Å². The molecule has 25 heavy (non-hydrogen) atoms. The number of nitrogens with zero attached hydrogens (tertiary/aromatic N) is 2. The second kappa shape index (κ2) is 6.16. The van der Waals surface area contributed by atoms with E-state index in [9.17, 15) is 13.6 Å². The number of carbonyl (C=O) groups excluding carboxylic acids is 1. The summed E-state index contributed by atoms with van der Waals surface area (Å²) in [7, 11) is 0. The Labute approximate surface area is 144 Å². The van der Waals surface area contributed by atoms with E-state index in [1.54, 1.807) is 23.1 Å². The lowest BCUT2D eigenvalue weighted by Crippen LogP contribution is -2.42. The van der Waals surface area contributed by atoms with Gasteiger partial charge in [-0.15, -0.1) is 0 Å². The standard InChI is InChI=1S/C20H16F2N2O/c21-15-9-7-14(8-10-15)20(25)24-13-12-23-11-3-6-18(23)19(24)16-4-1-2-5-17(16)22/h1-11,19H,12-13H2. The molecule has 1 unspecified atom stereocenters. The molecule has 0 N–H and O–H groups in total. The van der Waals surface area contributed by atoms with Crippen molar-refractivity contribution < 1.29 is 13.6 Å². The Kier molecular flexibility index (Phi) is 3.84. The van der Waals surface area contributed by atoms with E-state index in [-0.39, 0.29) is 11.7 Å². The number of rotatable bonds is 2. The molecular weight excluding hydrogens is 322 g/mol. The van der Waals surface area contributed by atoms with Crippen molar-refractivity contribution in [2.45, 2.75) is 12.6 Å². The van der Waals surface area contributed by atoms with Gasteiger partial charge in [0.25, 0.3) is 5.91 Å².